The second-order valence-electron chi connectivity index (χ2n) is 3.53. The van der Waals surface area contributed by atoms with Gasteiger partial charge in [0, 0.05) is 6.54 Å². The standard InChI is InChI=1S/C12H10N2O3S/c15-11(13-6-8-4-5-18-7-8)9-2-1-3-10(14-9)12(16)17/h1-5,7H,6H2,(H,13,15)(H,16,17). The smallest absolute Gasteiger partial charge is 0.354 e. The Balaban J connectivity index is 2.04. The van der Waals surface area contributed by atoms with Crippen molar-refractivity contribution in [3.63, 3.8) is 0 Å². The lowest BCUT2D eigenvalue weighted by Crippen LogP contribution is -2.24. The van der Waals surface area contributed by atoms with Gasteiger partial charge in [0.05, 0.1) is 0 Å². The van der Waals surface area contributed by atoms with E-state index in [0.717, 1.165) is 5.56 Å². The van der Waals surface area contributed by atoms with Crippen LogP contribution in [0.5, 0.6) is 0 Å². The van der Waals surface area contributed by atoms with Gasteiger partial charge in [0.2, 0.25) is 0 Å². The summed E-state index contributed by atoms with van der Waals surface area (Å²) in [5.41, 5.74) is 0.964. The van der Waals surface area contributed by atoms with Crippen molar-refractivity contribution in [2.45, 2.75) is 6.54 Å². The minimum Gasteiger partial charge on any atom is -0.477 e. The summed E-state index contributed by atoms with van der Waals surface area (Å²) in [4.78, 5) is 26.2. The molecule has 0 spiro atoms. The van der Waals surface area contributed by atoms with Gasteiger partial charge in [-0.2, -0.15) is 11.3 Å². The zero-order valence-electron chi connectivity index (χ0n) is 9.29. The van der Waals surface area contributed by atoms with Gasteiger partial charge in [-0.3, -0.25) is 4.79 Å². The number of nitrogens with one attached hydrogen (secondary N) is 1. The van der Waals surface area contributed by atoms with Crippen LogP contribution in [0.25, 0.3) is 0 Å². The normalized spacial score (nSPS) is 10.0. The maximum Gasteiger partial charge on any atom is 0.354 e. The molecule has 0 radical (unpaired) electrons. The molecule has 2 rings (SSSR count). The van der Waals surface area contributed by atoms with Crippen LogP contribution in [0.2, 0.25) is 0 Å². The van der Waals surface area contributed by atoms with E-state index >= 15 is 0 Å². The number of thiophene rings is 1. The Morgan fingerprint density at radius 1 is 1.28 bits per heavy atom. The van der Waals surface area contributed by atoms with Crippen molar-refractivity contribution in [2.24, 2.45) is 0 Å². The molecule has 0 saturated carbocycles. The largest absolute Gasteiger partial charge is 0.477 e. The maximum absolute atomic E-state index is 11.8. The Morgan fingerprint density at radius 3 is 2.72 bits per heavy atom. The van der Waals surface area contributed by atoms with E-state index in [1.54, 1.807) is 11.3 Å². The lowest BCUT2D eigenvalue weighted by Gasteiger charge is -2.03. The molecular weight excluding hydrogens is 252 g/mol. The molecule has 2 aromatic rings. The summed E-state index contributed by atoms with van der Waals surface area (Å²) >= 11 is 1.55. The number of carbonyl (C=O) groups is 2. The van der Waals surface area contributed by atoms with Gasteiger partial charge in [-0.25, -0.2) is 9.78 Å². The zero-order valence-corrected chi connectivity index (χ0v) is 10.1. The van der Waals surface area contributed by atoms with Crippen molar-refractivity contribution < 1.29 is 14.7 Å². The van der Waals surface area contributed by atoms with Crippen molar-refractivity contribution in [2.75, 3.05) is 0 Å². The van der Waals surface area contributed by atoms with Crippen molar-refractivity contribution in [1.29, 1.82) is 0 Å². The molecule has 92 valence electrons. The van der Waals surface area contributed by atoms with Gasteiger partial charge < -0.3 is 10.4 Å². The molecule has 0 fully saturated rings. The average molecular weight is 262 g/mol. The molecule has 2 heterocycles. The third-order valence-electron chi connectivity index (χ3n) is 2.23. The van der Waals surface area contributed by atoms with Crippen LogP contribution < -0.4 is 5.32 Å². The third kappa shape index (κ3) is 2.92. The van der Waals surface area contributed by atoms with Crippen LogP contribution in [0.1, 0.15) is 26.5 Å². The van der Waals surface area contributed by atoms with Gasteiger partial charge in [-0.1, -0.05) is 6.07 Å². The molecule has 0 bridgehead atoms. The molecule has 0 aromatic carbocycles. The summed E-state index contributed by atoms with van der Waals surface area (Å²) in [6, 6.07) is 6.23. The number of carboxylic acids is 1. The van der Waals surface area contributed by atoms with Gasteiger partial charge in [0.25, 0.3) is 5.91 Å². The number of amides is 1. The van der Waals surface area contributed by atoms with E-state index in [2.05, 4.69) is 10.3 Å². The van der Waals surface area contributed by atoms with Gasteiger partial charge in [0.1, 0.15) is 11.4 Å². The second-order valence-corrected chi connectivity index (χ2v) is 4.31. The van der Waals surface area contributed by atoms with Crippen LogP contribution in [-0.4, -0.2) is 22.0 Å². The summed E-state index contributed by atoms with van der Waals surface area (Å²) in [5.74, 6) is -1.54. The van der Waals surface area contributed by atoms with Gasteiger partial charge >= 0.3 is 5.97 Å². The van der Waals surface area contributed by atoms with Crippen LogP contribution in [0.3, 0.4) is 0 Å². The van der Waals surface area contributed by atoms with E-state index < -0.39 is 5.97 Å². The summed E-state index contributed by atoms with van der Waals surface area (Å²) in [6.45, 7) is 0.404. The SMILES string of the molecule is O=C(O)c1cccc(C(=O)NCc2ccsc2)n1. The first-order chi connectivity index (χ1) is 8.66. The van der Waals surface area contributed by atoms with Crippen LogP contribution in [-0.2, 0) is 6.54 Å². The van der Waals surface area contributed by atoms with Crippen LogP contribution >= 0.6 is 11.3 Å². The fourth-order valence-corrected chi connectivity index (χ4v) is 2.02. The van der Waals surface area contributed by atoms with Gasteiger partial charge in [0.15, 0.2) is 0 Å². The van der Waals surface area contributed by atoms with Crippen molar-refractivity contribution >= 4 is 23.2 Å². The van der Waals surface area contributed by atoms with E-state index in [-0.39, 0.29) is 17.3 Å². The number of pyridine rings is 1. The van der Waals surface area contributed by atoms with E-state index in [1.165, 1.54) is 18.2 Å². The number of aromatic nitrogens is 1. The summed E-state index contributed by atoms with van der Waals surface area (Å²) in [5, 5.41) is 15.3. The number of hydrogen-bond donors (Lipinski definition) is 2. The zero-order chi connectivity index (χ0) is 13.0. The molecule has 5 nitrogen and oxygen atoms in total. The Morgan fingerprint density at radius 2 is 2.06 bits per heavy atom. The molecule has 0 aliphatic rings. The number of hydrogen-bond acceptors (Lipinski definition) is 4. The maximum atomic E-state index is 11.8. The topological polar surface area (TPSA) is 79.3 Å². The van der Waals surface area contributed by atoms with Gasteiger partial charge in [-0.05, 0) is 34.5 Å². The minimum atomic E-state index is -1.15. The predicted molar refractivity (Wildman–Crippen MR) is 66.7 cm³/mol. The lowest BCUT2D eigenvalue weighted by molar-refractivity contribution is 0.0690. The average Bonchev–Trinajstić information content (AvgIpc) is 2.89. The molecule has 0 aliphatic heterocycles. The predicted octanol–water partition coefficient (Wildman–Crippen LogP) is 1.77. The summed E-state index contributed by atoms with van der Waals surface area (Å²) in [6.07, 6.45) is 0. The van der Waals surface area contributed by atoms with Crippen LogP contribution in [0.15, 0.2) is 35.0 Å². The molecule has 1 amide bonds. The van der Waals surface area contributed by atoms with Crippen molar-refractivity contribution in [3.05, 3.63) is 52.0 Å². The molecule has 2 N–H and O–H groups in total. The first-order valence-corrected chi connectivity index (χ1v) is 6.11. The Hall–Kier alpha value is -2.21. The highest BCUT2D eigenvalue weighted by atomic mass is 32.1. The third-order valence-corrected chi connectivity index (χ3v) is 2.97. The van der Waals surface area contributed by atoms with E-state index in [0.29, 0.717) is 6.54 Å². The quantitative estimate of drug-likeness (QED) is 0.880. The molecular formula is C12H10N2O3S. The monoisotopic (exact) mass is 262 g/mol. The molecule has 0 atom stereocenters. The number of nitrogens with zero attached hydrogens (tertiary/aromatic N) is 1. The number of rotatable bonds is 4. The van der Waals surface area contributed by atoms with E-state index in [4.69, 9.17) is 5.11 Å². The van der Waals surface area contributed by atoms with E-state index in [1.807, 2.05) is 16.8 Å². The molecule has 0 saturated heterocycles. The Labute approximate surface area is 107 Å². The molecule has 0 unspecified atom stereocenters. The molecule has 18 heavy (non-hydrogen) atoms. The second kappa shape index (κ2) is 5.42. The molecule has 2 aromatic heterocycles. The van der Waals surface area contributed by atoms with Gasteiger partial charge in [-0.15, -0.1) is 0 Å². The minimum absolute atomic E-state index is 0.102. The molecule has 6 heteroatoms. The highest BCUT2D eigenvalue weighted by Gasteiger charge is 2.10. The number of carbonyl (C=O) groups excluding carboxylic acids is 1. The summed E-state index contributed by atoms with van der Waals surface area (Å²) in [7, 11) is 0. The summed E-state index contributed by atoms with van der Waals surface area (Å²) < 4.78 is 0. The van der Waals surface area contributed by atoms with Crippen molar-refractivity contribution in [1.82, 2.24) is 10.3 Å². The number of carboxylic acid groups (broad SMARTS) is 1. The highest BCUT2D eigenvalue weighted by molar-refractivity contribution is 7.07. The van der Waals surface area contributed by atoms with E-state index in [9.17, 15) is 9.59 Å². The van der Waals surface area contributed by atoms with Crippen LogP contribution in [0.4, 0.5) is 0 Å². The fraction of sp³-hybridized carbons (Fsp3) is 0.0833. The Bertz CT molecular complexity index is 566. The van der Waals surface area contributed by atoms with Crippen molar-refractivity contribution in [3.8, 4) is 0 Å². The number of aromatic carboxylic acids is 1. The first-order valence-electron chi connectivity index (χ1n) is 5.16. The fourth-order valence-electron chi connectivity index (χ4n) is 1.35. The first kappa shape index (κ1) is 12.3. The van der Waals surface area contributed by atoms with Crippen LogP contribution in [0, 0.1) is 0 Å². The molecule has 0 aliphatic carbocycles. The Kier molecular flexibility index (Phi) is 3.69. The lowest BCUT2D eigenvalue weighted by atomic mass is 10.2. The highest BCUT2D eigenvalue weighted by Crippen LogP contribution is 2.06.